The van der Waals surface area contributed by atoms with Gasteiger partial charge in [-0.3, -0.25) is 0 Å². The molecule has 0 aliphatic rings. The van der Waals surface area contributed by atoms with E-state index in [1.54, 1.807) is 29.6 Å². The number of benzene rings is 2. The van der Waals surface area contributed by atoms with Crippen LogP contribution in [0.15, 0.2) is 58.0 Å². The summed E-state index contributed by atoms with van der Waals surface area (Å²) in [6.45, 7) is 9.51. The lowest BCUT2D eigenvalue weighted by Crippen LogP contribution is -2.10. The maximum absolute atomic E-state index is 12.8. The molecule has 35 heavy (non-hydrogen) atoms. The summed E-state index contributed by atoms with van der Waals surface area (Å²) in [7, 11) is 0. The molecule has 4 nitrogen and oxygen atoms in total. The summed E-state index contributed by atoms with van der Waals surface area (Å²) >= 11 is 3.21. The highest BCUT2D eigenvalue weighted by Gasteiger charge is 2.29. The van der Waals surface area contributed by atoms with Crippen LogP contribution in [0.3, 0.4) is 0 Å². The average Bonchev–Trinajstić information content (AvgIpc) is 2.81. The Morgan fingerprint density at radius 2 is 1.74 bits per heavy atom. The van der Waals surface area contributed by atoms with E-state index in [0.717, 1.165) is 50.9 Å². The molecule has 0 bridgehead atoms. The third-order valence-electron chi connectivity index (χ3n) is 4.73. The number of aliphatic carboxylic acids is 1. The van der Waals surface area contributed by atoms with Gasteiger partial charge in [0, 0.05) is 27.0 Å². The molecule has 0 saturated carbocycles. The minimum absolute atomic E-state index is 0.165. The molecule has 0 aromatic heterocycles. The van der Waals surface area contributed by atoms with Crippen LogP contribution in [-0.2, 0) is 16.7 Å². The van der Waals surface area contributed by atoms with Gasteiger partial charge in [0.15, 0.2) is 6.61 Å². The van der Waals surface area contributed by atoms with Crippen molar-refractivity contribution in [2.24, 2.45) is 11.7 Å². The van der Waals surface area contributed by atoms with Gasteiger partial charge in [0.2, 0.25) is 0 Å². The van der Waals surface area contributed by atoms with Crippen LogP contribution in [0, 0.1) is 12.8 Å². The Hall–Kier alpha value is -2.26. The molecule has 194 valence electrons. The third-order valence-corrected chi connectivity index (χ3v) is 7.00. The fraction of sp³-hybridized carbons (Fsp3) is 0.423. The molecule has 0 aliphatic carbocycles. The van der Waals surface area contributed by atoms with Crippen LogP contribution in [0.5, 0.6) is 5.75 Å². The number of allylic oxidation sites excluding steroid dienone is 2. The number of nitrogens with two attached hydrogens (primary N) is 1. The van der Waals surface area contributed by atoms with Crippen LogP contribution in [0.2, 0.25) is 0 Å². The predicted octanol–water partition coefficient (Wildman–Crippen LogP) is 7.75. The molecule has 2 rings (SSSR count). The molecule has 0 saturated heterocycles. The van der Waals surface area contributed by atoms with E-state index in [0.29, 0.717) is 11.5 Å². The van der Waals surface area contributed by atoms with E-state index in [1.807, 2.05) is 46.8 Å². The van der Waals surface area contributed by atoms with Crippen molar-refractivity contribution in [1.82, 2.24) is 0 Å². The number of hydrogen-bond acceptors (Lipinski definition) is 5. The summed E-state index contributed by atoms with van der Waals surface area (Å²) in [6.07, 6.45) is -3.61. The Morgan fingerprint density at radius 3 is 2.26 bits per heavy atom. The fourth-order valence-electron chi connectivity index (χ4n) is 2.86. The van der Waals surface area contributed by atoms with E-state index >= 15 is 0 Å². The Balaban J connectivity index is 0.00000298. The van der Waals surface area contributed by atoms with Crippen molar-refractivity contribution in [3.05, 3.63) is 69.8 Å². The highest BCUT2D eigenvalue weighted by molar-refractivity contribution is 8.02. The summed E-state index contributed by atoms with van der Waals surface area (Å²) in [5, 5.41) is 8.74. The molecule has 2 aromatic rings. The maximum Gasteiger partial charge on any atom is 0.416 e. The second-order valence-corrected chi connectivity index (χ2v) is 9.96. The number of alkyl halides is 3. The summed E-state index contributed by atoms with van der Waals surface area (Å²) in [5.41, 5.74) is 8.13. The number of carboxylic acids is 1. The van der Waals surface area contributed by atoms with Gasteiger partial charge >= 0.3 is 12.1 Å². The Labute approximate surface area is 214 Å². The summed E-state index contributed by atoms with van der Waals surface area (Å²) in [4.78, 5) is 12.7. The van der Waals surface area contributed by atoms with Crippen molar-refractivity contribution in [1.29, 1.82) is 0 Å². The first kappa shape index (κ1) is 30.8. The van der Waals surface area contributed by atoms with E-state index in [9.17, 15) is 18.0 Å². The molecular weight excluding hydrogens is 495 g/mol. The van der Waals surface area contributed by atoms with Gasteiger partial charge in [0.25, 0.3) is 0 Å². The minimum Gasteiger partial charge on any atom is -0.482 e. The van der Waals surface area contributed by atoms with Crippen LogP contribution >= 0.6 is 23.5 Å². The van der Waals surface area contributed by atoms with Crippen molar-refractivity contribution < 1.29 is 27.8 Å². The zero-order chi connectivity index (χ0) is 26.6. The number of carbonyl (C=O) groups is 1. The number of carboxylic acid groups (broad SMARTS) is 1. The van der Waals surface area contributed by atoms with Gasteiger partial charge in [-0.25, -0.2) is 4.79 Å². The quantitative estimate of drug-likeness (QED) is 0.290. The molecular formula is C26H34F3NO3S2. The summed E-state index contributed by atoms with van der Waals surface area (Å²) < 4.78 is 43.5. The molecule has 0 amide bonds. The molecule has 9 heteroatoms. The zero-order valence-corrected chi connectivity index (χ0v) is 22.4. The van der Waals surface area contributed by atoms with E-state index < -0.39 is 17.7 Å². The Kier molecular flexibility index (Phi) is 13.2. The van der Waals surface area contributed by atoms with Crippen LogP contribution < -0.4 is 10.5 Å². The number of thioether (sulfide) groups is 2. The number of aryl methyl sites for hydroxylation is 1. The minimum atomic E-state index is -4.34. The fourth-order valence-corrected chi connectivity index (χ4v) is 5.13. The van der Waals surface area contributed by atoms with Crippen LogP contribution in [0.1, 0.15) is 50.8 Å². The number of halogens is 3. The third kappa shape index (κ3) is 10.9. The molecule has 0 unspecified atom stereocenters. The lowest BCUT2D eigenvalue weighted by Gasteiger charge is -2.15. The molecule has 0 atom stereocenters. The smallest absolute Gasteiger partial charge is 0.416 e. The van der Waals surface area contributed by atoms with E-state index in [1.165, 1.54) is 12.1 Å². The maximum atomic E-state index is 12.8. The molecule has 0 heterocycles. The van der Waals surface area contributed by atoms with Crippen molar-refractivity contribution in [2.45, 2.75) is 57.9 Å². The SMILES string of the molecule is CC.Cc1cc(SCC/C(SCc2ccc(C(F)(F)F)cc2)=C(/N)C(C)C)ccc1OCC(=O)O. The van der Waals surface area contributed by atoms with Gasteiger partial charge in [-0.15, -0.1) is 23.5 Å². The lowest BCUT2D eigenvalue weighted by molar-refractivity contribution is -0.139. The standard InChI is InChI=1S/C24H28F3NO3S2.C2H6/c1-15(2)23(28)21(33-14-17-4-6-18(7-5-17)24(25,26)27)10-11-32-19-8-9-20(16(3)12-19)31-13-22(29)30;1-2/h4-9,12,15H,10-11,13-14,28H2,1-3H3,(H,29,30);1-2H3/b23-21-;. The van der Waals surface area contributed by atoms with Crippen molar-refractivity contribution in [3.8, 4) is 5.75 Å². The van der Waals surface area contributed by atoms with Crippen molar-refractivity contribution in [3.63, 3.8) is 0 Å². The molecule has 0 fully saturated rings. The van der Waals surface area contributed by atoms with Crippen LogP contribution in [0.25, 0.3) is 0 Å². The summed E-state index contributed by atoms with van der Waals surface area (Å²) in [5.74, 6) is 0.998. The van der Waals surface area contributed by atoms with Gasteiger partial charge < -0.3 is 15.6 Å². The molecule has 0 radical (unpaired) electrons. The first-order valence-electron chi connectivity index (χ1n) is 11.3. The first-order chi connectivity index (χ1) is 16.5. The predicted molar refractivity (Wildman–Crippen MR) is 140 cm³/mol. The average molecular weight is 530 g/mol. The zero-order valence-electron chi connectivity index (χ0n) is 20.7. The van der Waals surface area contributed by atoms with E-state index in [4.69, 9.17) is 15.6 Å². The number of hydrogen-bond donors (Lipinski definition) is 2. The monoisotopic (exact) mass is 529 g/mol. The first-order valence-corrected chi connectivity index (χ1v) is 13.3. The van der Waals surface area contributed by atoms with Gasteiger partial charge in [-0.2, -0.15) is 13.2 Å². The van der Waals surface area contributed by atoms with Crippen LogP contribution in [-0.4, -0.2) is 23.4 Å². The lowest BCUT2D eigenvalue weighted by atomic mass is 10.1. The molecule has 3 N–H and O–H groups in total. The Morgan fingerprint density at radius 1 is 1.11 bits per heavy atom. The topological polar surface area (TPSA) is 72.5 Å². The van der Waals surface area contributed by atoms with Gasteiger partial charge in [0.1, 0.15) is 5.75 Å². The molecule has 0 aliphatic heterocycles. The Bertz CT molecular complexity index is 975. The van der Waals surface area contributed by atoms with E-state index in [2.05, 4.69) is 0 Å². The van der Waals surface area contributed by atoms with Crippen molar-refractivity contribution in [2.75, 3.05) is 12.4 Å². The largest absolute Gasteiger partial charge is 0.482 e. The number of rotatable bonds is 11. The van der Waals surface area contributed by atoms with Gasteiger partial charge in [-0.1, -0.05) is 39.8 Å². The second-order valence-electron chi connectivity index (χ2n) is 7.72. The highest BCUT2D eigenvalue weighted by Crippen LogP contribution is 2.33. The van der Waals surface area contributed by atoms with Gasteiger partial charge in [0.05, 0.1) is 5.56 Å². The van der Waals surface area contributed by atoms with E-state index in [-0.39, 0.29) is 12.5 Å². The molecule has 2 aromatic carbocycles. The summed E-state index contributed by atoms with van der Waals surface area (Å²) in [6, 6.07) is 10.8. The number of ether oxygens (including phenoxy) is 1. The van der Waals surface area contributed by atoms with Crippen molar-refractivity contribution >= 4 is 29.5 Å². The molecule has 0 spiro atoms. The normalized spacial score (nSPS) is 12.0. The van der Waals surface area contributed by atoms with Crippen LogP contribution in [0.4, 0.5) is 13.2 Å². The second kappa shape index (κ2) is 15.0. The highest BCUT2D eigenvalue weighted by atomic mass is 32.2. The van der Waals surface area contributed by atoms with Gasteiger partial charge in [-0.05, 0) is 60.7 Å².